The molecule has 1 saturated heterocycles. The third-order valence-corrected chi connectivity index (χ3v) is 6.97. The van der Waals surface area contributed by atoms with E-state index in [4.69, 9.17) is 14.6 Å². The molecule has 6 N–H and O–H groups in total. The number of hydrogen-bond donors (Lipinski definition) is 6. The van der Waals surface area contributed by atoms with Gasteiger partial charge in [0, 0.05) is 6.61 Å². The number of rotatable bonds is 11. The molecule has 0 amide bonds. The van der Waals surface area contributed by atoms with E-state index < -0.39 is 41.9 Å². The summed E-state index contributed by atoms with van der Waals surface area (Å²) in [6.45, 7) is 3.58. The van der Waals surface area contributed by atoms with Gasteiger partial charge in [0.15, 0.2) is 5.60 Å². The van der Waals surface area contributed by atoms with Crippen molar-refractivity contribution in [1.29, 1.82) is 0 Å². The van der Waals surface area contributed by atoms with E-state index in [1.807, 2.05) is 12.1 Å². The first-order valence-electron chi connectivity index (χ1n) is 11.8. The average Bonchev–Trinajstić information content (AvgIpc) is 3.25. The van der Waals surface area contributed by atoms with Crippen LogP contribution < -0.4 is 4.74 Å². The van der Waals surface area contributed by atoms with E-state index in [1.54, 1.807) is 18.2 Å². The molecule has 1 aliphatic carbocycles. The Kier molecular flexibility index (Phi) is 8.91. The van der Waals surface area contributed by atoms with Crippen LogP contribution >= 0.6 is 0 Å². The molecular formula is C25H38O8. The van der Waals surface area contributed by atoms with Gasteiger partial charge in [-0.3, -0.25) is 0 Å². The van der Waals surface area contributed by atoms with Crippen molar-refractivity contribution in [2.24, 2.45) is 0 Å². The lowest BCUT2D eigenvalue weighted by molar-refractivity contribution is -0.331. The van der Waals surface area contributed by atoms with E-state index in [0.717, 1.165) is 18.4 Å². The maximum absolute atomic E-state index is 11.5. The molecule has 2 aliphatic rings. The van der Waals surface area contributed by atoms with Crippen LogP contribution in [0.2, 0.25) is 0 Å². The Balaban J connectivity index is 1.82. The first-order valence-corrected chi connectivity index (χ1v) is 11.8. The highest BCUT2D eigenvalue weighted by Gasteiger charge is 2.57. The minimum Gasteiger partial charge on any atom is -0.462 e. The number of allylic oxidation sites excluding steroid dienone is 1. The molecule has 1 saturated carbocycles. The van der Waals surface area contributed by atoms with Crippen molar-refractivity contribution in [2.45, 2.75) is 99.7 Å². The zero-order valence-corrected chi connectivity index (χ0v) is 19.1. The SMILES string of the molecule is C=CCc1ccc(O[C@@H]2O[C@H]([C@@H](O)CCCO)[C@@H](O)[C@H](O)[C@]2(O)CCC2(O)CCCC2)cc1. The molecule has 0 aromatic heterocycles. The van der Waals surface area contributed by atoms with Gasteiger partial charge in [-0.25, -0.2) is 0 Å². The highest BCUT2D eigenvalue weighted by atomic mass is 16.7. The Morgan fingerprint density at radius 1 is 1.12 bits per heavy atom. The summed E-state index contributed by atoms with van der Waals surface area (Å²) in [5.41, 5.74) is -1.92. The fourth-order valence-electron chi connectivity index (χ4n) is 4.84. The summed E-state index contributed by atoms with van der Waals surface area (Å²) >= 11 is 0. The van der Waals surface area contributed by atoms with Crippen molar-refractivity contribution in [3.8, 4) is 5.75 Å². The molecule has 1 heterocycles. The molecule has 1 aromatic rings. The van der Waals surface area contributed by atoms with Gasteiger partial charge in [-0.05, 0) is 62.6 Å². The van der Waals surface area contributed by atoms with Crippen LogP contribution in [0, 0.1) is 0 Å². The van der Waals surface area contributed by atoms with Gasteiger partial charge in [-0.1, -0.05) is 31.1 Å². The summed E-state index contributed by atoms with van der Waals surface area (Å²) in [5, 5.41) is 63.5. The van der Waals surface area contributed by atoms with Crippen LogP contribution in [-0.2, 0) is 11.2 Å². The summed E-state index contributed by atoms with van der Waals surface area (Å²) < 4.78 is 11.8. The largest absolute Gasteiger partial charge is 0.462 e. The zero-order chi connectivity index (χ0) is 24.1. The maximum atomic E-state index is 11.5. The number of ether oxygens (including phenoxy) is 2. The van der Waals surface area contributed by atoms with Gasteiger partial charge in [-0.15, -0.1) is 6.58 Å². The maximum Gasteiger partial charge on any atom is 0.232 e. The monoisotopic (exact) mass is 466 g/mol. The first-order chi connectivity index (χ1) is 15.7. The lowest BCUT2D eigenvalue weighted by atomic mass is 9.78. The van der Waals surface area contributed by atoms with Crippen molar-refractivity contribution < 1.29 is 40.1 Å². The highest BCUT2D eigenvalue weighted by Crippen LogP contribution is 2.41. The molecule has 2 fully saturated rings. The molecule has 1 aliphatic heterocycles. The van der Waals surface area contributed by atoms with E-state index >= 15 is 0 Å². The molecule has 8 nitrogen and oxygen atoms in total. The fraction of sp³-hybridized carbons (Fsp3) is 0.680. The van der Waals surface area contributed by atoms with Gasteiger partial charge in [0.2, 0.25) is 6.29 Å². The third-order valence-electron chi connectivity index (χ3n) is 6.97. The Hall–Kier alpha value is -1.52. The van der Waals surface area contributed by atoms with E-state index in [9.17, 15) is 25.5 Å². The Morgan fingerprint density at radius 3 is 2.39 bits per heavy atom. The van der Waals surface area contributed by atoms with Crippen LogP contribution in [0.4, 0.5) is 0 Å². The van der Waals surface area contributed by atoms with Crippen LogP contribution in [0.25, 0.3) is 0 Å². The summed E-state index contributed by atoms with van der Waals surface area (Å²) in [7, 11) is 0. The van der Waals surface area contributed by atoms with Crippen LogP contribution in [0.3, 0.4) is 0 Å². The highest BCUT2D eigenvalue weighted by molar-refractivity contribution is 5.28. The Morgan fingerprint density at radius 2 is 1.79 bits per heavy atom. The molecule has 6 atom stereocenters. The van der Waals surface area contributed by atoms with Gasteiger partial charge in [-0.2, -0.15) is 0 Å². The summed E-state index contributed by atoms with van der Waals surface area (Å²) in [6.07, 6.45) is -0.946. The predicted molar refractivity (Wildman–Crippen MR) is 122 cm³/mol. The molecule has 1 aromatic carbocycles. The lowest BCUT2D eigenvalue weighted by Gasteiger charge is -2.49. The zero-order valence-electron chi connectivity index (χ0n) is 19.1. The second kappa shape index (κ2) is 11.3. The fourth-order valence-corrected chi connectivity index (χ4v) is 4.84. The second-order valence-electron chi connectivity index (χ2n) is 9.48. The average molecular weight is 467 g/mol. The number of aliphatic hydroxyl groups is 6. The van der Waals surface area contributed by atoms with Crippen LogP contribution in [0.1, 0.15) is 56.9 Å². The van der Waals surface area contributed by atoms with Gasteiger partial charge in [0.05, 0.1) is 11.7 Å². The van der Waals surface area contributed by atoms with E-state index in [1.165, 1.54) is 0 Å². The molecule has 0 spiro atoms. The van der Waals surface area contributed by atoms with Crippen molar-refractivity contribution >= 4 is 0 Å². The van der Waals surface area contributed by atoms with Crippen molar-refractivity contribution in [1.82, 2.24) is 0 Å². The van der Waals surface area contributed by atoms with E-state index in [-0.39, 0.29) is 32.3 Å². The number of aliphatic hydroxyl groups excluding tert-OH is 4. The molecular weight excluding hydrogens is 428 g/mol. The molecule has 0 unspecified atom stereocenters. The minimum atomic E-state index is -2.01. The first kappa shape index (κ1) is 26.1. The minimum absolute atomic E-state index is 0.0552. The van der Waals surface area contributed by atoms with Gasteiger partial charge in [0.1, 0.15) is 24.1 Å². The van der Waals surface area contributed by atoms with Gasteiger partial charge >= 0.3 is 0 Å². The number of benzene rings is 1. The second-order valence-corrected chi connectivity index (χ2v) is 9.48. The van der Waals surface area contributed by atoms with E-state index in [0.29, 0.717) is 25.0 Å². The predicted octanol–water partition coefficient (Wildman–Crippen LogP) is 1.19. The van der Waals surface area contributed by atoms with Crippen molar-refractivity contribution in [3.63, 3.8) is 0 Å². The molecule has 0 bridgehead atoms. The Bertz CT molecular complexity index is 747. The summed E-state index contributed by atoms with van der Waals surface area (Å²) in [6, 6.07) is 7.11. The van der Waals surface area contributed by atoms with Crippen LogP contribution in [-0.4, -0.2) is 79.2 Å². The lowest BCUT2D eigenvalue weighted by Crippen LogP contribution is -2.69. The van der Waals surface area contributed by atoms with Gasteiger partial charge in [0.25, 0.3) is 0 Å². The quantitative estimate of drug-likeness (QED) is 0.267. The summed E-state index contributed by atoms with van der Waals surface area (Å²) in [4.78, 5) is 0. The Labute approximate surface area is 195 Å². The molecule has 0 radical (unpaired) electrons. The van der Waals surface area contributed by atoms with Crippen LogP contribution in [0.15, 0.2) is 36.9 Å². The molecule has 3 rings (SSSR count). The van der Waals surface area contributed by atoms with Crippen molar-refractivity contribution in [2.75, 3.05) is 6.61 Å². The smallest absolute Gasteiger partial charge is 0.232 e. The standard InChI is InChI=1S/C25H38O8/c1-2-6-17-8-10-18(11-9-17)32-23-25(31,15-14-24(30)12-3-4-13-24)22(29)20(28)21(33-23)19(27)7-5-16-26/h2,8-11,19-23,26-31H,1,3-7,12-16H2/t19-,20+,21+,22-,23+,25+/m0/s1. The topological polar surface area (TPSA) is 140 Å². The van der Waals surface area contributed by atoms with Crippen molar-refractivity contribution in [3.05, 3.63) is 42.5 Å². The molecule has 8 heteroatoms. The normalized spacial score (nSPS) is 32.4. The third kappa shape index (κ3) is 6.14. The van der Waals surface area contributed by atoms with Gasteiger partial charge < -0.3 is 40.1 Å². The molecule has 33 heavy (non-hydrogen) atoms. The molecule has 186 valence electrons. The number of hydrogen-bond acceptors (Lipinski definition) is 8. The summed E-state index contributed by atoms with van der Waals surface area (Å²) in [5.74, 6) is 0.387. The van der Waals surface area contributed by atoms with Crippen LogP contribution in [0.5, 0.6) is 5.75 Å². The van der Waals surface area contributed by atoms with E-state index in [2.05, 4.69) is 6.58 Å².